The highest BCUT2D eigenvalue weighted by Gasteiger charge is 2.15. The van der Waals surface area contributed by atoms with Gasteiger partial charge in [0, 0.05) is 39.6 Å². The Morgan fingerprint density at radius 3 is 1.40 bits per heavy atom. The molecule has 0 fully saturated rings. The minimum atomic E-state index is 1.11. The van der Waals surface area contributed by atoms with Gasteiger partial charge < -0.3 is 20.4 Å². The maximum absolute atomic E-state index is 3.52. The molecule has 2 N–H and O–H groups in total. The van der Waals surface area contributed by atoms with Crippen LogP contribution in [0.4, 0.5) is 34.1 Å². The average molecular weight is 268 g/mol. The van der Waals surface area contributed by atoms with Crippen molar-refractivity contribution in [3.05, 3.63) is 36.4 Å². The zero-order chi connectivity index (χ0) is 14.3. The van der Waals surface area contributed by atoms with Crippen molar-refractivity contribution in [1.82, 2.24) is 0 Å². The van der Waals surface area contributed by atoms with Crippen molar-refractivity contribution >= 4 is 34.1 Å². The second kappa shape index (κ2) is 4.63. The van der Waals surface area contributed by atoms with Crippen LogP contribution in [-0.4, -0.2) is 28.2 Å². The van der Waals surface area contributed by atoms with Gasteiger partial charge in [-0.3, -0.25) is 0 Å². The molecule has 4 heteroatoms. The Morgan fingerprint density at radius 1 is 0.600 bits per heavy atom. The summed E-state index contributed by atoms with van der Waals surface area (Å²) in [5, 5.41) is 6.99. The lowest BCUT2D eigenvalue weighted by atomic mass is 10.1. The van der Waals surface area contributed by atoms with Gasteiger partial charge in [0.05, 0.1) is 22.7 Å². The molecule has 0 radical (unpaired) electrons. The maximum atomic E-state index is 3.52. The van der Waals surface area contributed by atoms with E-state index in [1.807, 2.05) is 0 Å². The van der Waals surface area contributed by atoms with Gasteiger partial charge in [0.25, 0.3) is 0 Å². The second-order valence-electron chi connectivity index (χ2n) is 5.50. The highest BCUT2D eigenvalue weighted by Crippen LogP contribution is 2.41. The van der Waals surface area contributed by atoms with Crippen LogP contribution in [0.25, 0.3) is 0 Å². The van der Waals surface area contributed by atoms with Gasteiger partial charge in [0.15, 0.2) is 0 Å². The fraction of sp³-hybridized carbons (Fsp3) is 0.250. The van der Waals surface area contributed by atoms with E-state index in [9.17, 15) is 0 Å². The van der Waals surface area contributed by atoms with Crippen LogP contribution in [0, 0.1) is 0 Å². The molecule has 1 aliphatic heterocycles. The summed E-state index contributed by atoms with van der Waals surface area (Å²) in [7, 11) is 8.21. The van der Waals surface area contributed by atoms with E-state index in [0.29, 0.717) is 0 Å². The Balaban J connectivity index is 1.99. The number of hydrogen-bond acceptors (Lipinski definition) is 4. The molecule has 3 rings (SSSR count). The van der Waals surface area contributed by atoms with Gasteiger partial charge in [-0.05, 0) is 36.4 Å². The van der Waals surface area contributed by atoms with Crippen molar-refractivity contribution < 1.29 is 0 Å². The largest absolute Gasteiger partial charge is 0.378 e. The summed E-state index contributed by atoms with van der Waals surface area (Å²) in [6.07, 6.45) is 0. The van der Waals surface area contributed by atoms with Crippen LogP contribution in [0.5, 0.6) is 0 Å². The first-order valence-electron chi connectivity index (χ1n) is 6.71. The topological polar surface area (TPSA) is 30.5 Å². The van der Waals surface area contributed by atoms with Crippen molar-refractivity contribution in [3.63, 3.8) is 0 Å². The Morgan fingerprint density at radius 2 is 1.00 bits per heavy atom. The molecule has 1 heterocycles. The first-order valence-corrected chi connectivity index (χ1v) is 6.71. The third kappa shape index (κ3) is 2.13. The van der Waals surface area contributed by atoms with Crippen LogP contribution < -0.4 is 20.4 Å². The van der Waals surface area contributed by atoms with Crippen molar-refractivity contribution in [3.8, 4) is 0 Å². The molecule has 1 aliphatic rings. The molecule has 4 nitrogen and oxygen atoms in total. The van der Waals surface area contributed by atoms with Crippen LogP contribution in [0.1, 0.15) is 0 Å². The van der Waals surface area contributed by atoms with Crippen LogP contribution in [0.3, 0.4) is 0 Å². The first kappa shape index (κ1) is 12.7. The molecular formula is C16H20N4. The predicted molar refractivity (Wildman–Crippen MR) is 88.1 cm³/mol. The predicted octanol–water partition coefficient (Wildman–Crippen LogP) is 3.62. The van der Waals surface area contributed by atoms with Crippen molar-refractivity contribution in [2.45, 2.75) is 0 Å². The van der Waals surface area contributed by atoms with Crippen LogP contribution in [0.15, 0.2) is 36.4 Å². The van der Waals surface area contributed by atoms with E-state index in [1.165, 1.54) is 11.4 Å². The monoisotopic (exact) mass is 268 g/mol. The van der Waals surface area contributed by atoms with E-state index in [0.717, 1.165) is 22.7 Å². The minimum Gasteiger partial charge on any atom is -0.378 e. The van der Waals surface area contributed by atoms with Crippen LogP contribution >= 0.6 is 0 Å². The fourth-order valence-electron chi connectivity index (χ4n) is 2.34. The second-order valence-corrected chi connectivity index (χ2v) is 5.50. The lowest BCUT2D eigenvalue weighted by Gasteiger charge is -2.26. The Hall–Kier alpha value is -2.36. The number of anilines is 6. The van der Waals surface area contributed by atoms with E-state index < -0.39 is 0 Å². The van der Waals surface area contributed by atoms with Crippen molar-refractivity contribution in [2.75, 3.05) is 48.6 Å². The quantitative estimate of drug-likeness (QED) is 0.743. The minimum absolute atomic E-state index is 1.11. The number of benzene rings is 2. The summed E-state index contributed by atoms with van der Waals surface area (Å²) in [6, 6.07) is 12.8. The molecule has 0 atom stereocenters. The van der Waals surface area contributed by atoms with Crippen molar-refractivity contribution in [1.29, 1.82) is 0 Å². The van der Waals surface area contributed by atoms with Gasteiger partial charge >= 0.3 is 0 Å². The molecule has 0 unspecified atom stereocenters. The third-order valence-electron chi connectivity index (χ3n) is 3.58. The third-order valence-corrected chi connectivity index (χ3v) is 3.58. The highest BCUT2D eigenvalue weighted by atomic mass is 15.1. The lowest BCUT2D eigenvalue weighted by Crippen LogP contribution is -2.13. The van der Waals surface area contributed by atoms with E-state index in [-0.39, 0.29) is 0 Å². The van der Waals surface area contributed by atoms with E-state index >= 15 is 0 Å². The molecule has 0 amide bonds. The zero-order valence-electron chi connectivity index (χ0n) is 12.4. The zero-order valence-corrected chi connectivity index (χ0v) is 12.4. The fourth-order valence-corrected chi connectivity index (χ4v) is 2.34. The normalized spacial score (nSPS) is 11.8. The van der Waals surface area contributed by atoms with E-state index in [2.05, 4.69) is 85.0 Å². The molecule has 0 spiro atoms. The van der Waals surface area contributed by atoms with Gasteiger partial charge in [-0.25, -0.2) is 0 Å². The smallest absolute Gasteiger partial charge is 0.0644 e. The van der Waals surface area contributed by atoms with E-state index in [1.54, 1.807) is 0 Å². The van der Waals surface area contributed by atoms with Crippen LogP contribution in [-0.2, 0) is 0 Å². The van der Waals surface area contributed by atoms with Gasteiger partial charge in [0.2, 0.25) is 0 Å². The molecule has 0 aromatic heterocycles. The summed E-state index contributed by atoms with van der Waals surface area (Å²) in [5.74, 6) is 0. The Labute approximate surface area is 120 Å². The van der Waals surface area contributed by atoms with Gasteiger partial charge in [-0.1, -0.05) is 0 Å². The number of nitrogens with one attached hydrogen (secondary N) is 2. The SMILES string of the molecule is CN(C)c1ccc2c(c1)Nc1cc(N(C)C)ccc1N2. The molecule has 0 bridgehead atoms. The standard InChI is InChI=1S/C16H20N4/c1-19(2)11-5-7-13-15(9-11)18-16-10-12(20(3)4)6-8-14(16)17-13/h5-10,17-18H,1-4H3. The Kier molecular flexibility index (Phi) is 2.93. The first-order chi connectivity index (χ1) is 9.54. The highest BCUT2D eigenvalue weighted by molar-refractivity contribution is 5.92. The summed E-state index contributed by atoms with van der Waals surface area (Å²) in [4.78, 5) is 4.21. The maximum Gasteiger partial charge on any atom is 0.0644 e. The Bertz CT molecular complexity index is 591. The molecular weight excluding hydrogens is 248 g/mol. The number of hydrogen-bond donors (Lipinski definition) is 2. The molecule has 104 valence electrons. The van der Waals surface area contributed by atoms with Crippen molar-refractivity contribution in [2.24, 2.45) is 0 Å². The van der Waals surface area contributed by atoms with E-state index in [4.69, 9.17) is 0 Å². The lowest BCUT2D eigenvalue weighted by molar-refractivity contribution is 1.13. The van der Waals surface area contributed by atoms with Crippen LogP contribution in [0.2, 0.25) is 0 Å². The van der Waals surface area contributed by atoms with Gasteiger partial charge in [-0.15, -0.1) is 0 Å². The molecule has 2 aromatic rings. The number of nitrogens with zero attached hydrogens (tertiary/aromatic N) is 2. The molecule has 0 aliphatic carbocycles. The average Bonchev–Trinajstić information content (AvgIpc) is 2.43. The summed E-state index contributed by atoms with van der Waals surface area (Å²) in [5.41, 5.74) is 6.82. The molecule has 2 aromatic carbocycles. The summed E-state index contributed by atoms with van der Waals surface area (Å²) in [6.45, 7) is 0. The number of fused-ring (bicyclic) bond motifs is 2. The van der Waals surface area contributed by atoms with Gasteiger partial charge in [-0.2, -0.15) is 0 Å². The summed E-state index contributed by atoms with van der Waals surface area (Å²) < 4.78 is 0. The molecule has 0 saturated heterocycles. The number of rotatable bonds is 2. The summed E-state index contributed by atoms with van der Waals surface area (Å²) >= 11 is 0. The molecule has 20 heavy (non-hydrogen) atoms. The molecule has 0 saturated carbocycles. The van der Waals surface area contributed by atoms with Gasteiger partial charge in [0.1, 0.15) is 0 Å².